The van der Waals surface area contributed by atoms with Crippen molar-refractivity contribution in [2.75, 3.05) is 6.61 Å². The third kappa shape index (κ3) is 3.10. The Labute approximate surface area is 80.7 Å². The minimum absolute atomic E-state index is 0.736. The molecule has 1 nitrogen and oxygen atoms in total. The molecule has 0 fully saturated rings. The molecule has 1 aromatic rings. The molecule has 0 aliphatic heterocycles. The summed E-state index contributed by atoms with van der Waals surface area (Å²) >= 11 is 0. The van der Waals surface area contributed by atoms with Gasteiger partial charge in [0.05, 0.1) is 6.61 Å². The molecule has 1 heteroatoms. The van der Waals surface area contributed by atoms with Crippen molar-refractivity contribution in [3.63, 3.8) is 0 Å². The first kappa shape index (κ1) is 10.1. The molecule has 0 aliphatic carbocycles. The highest BCUT2D eigenvalue weighted by molar-refractivity contribution is 5.34. The Morgan fingerprint density at radius 3 is 2.54 bits per heavy atom. The van der Waals surface area contributed by atoms with Gasteiger partial charge in [-0.25, -0.2) is 0 Å². The van der Waals surface area contributed by atoms with E-state index in [0.717, 1.165) is 18.8 Å². The molecule has 0 amide bonds. The highest BCUT2D eigenvalue weighted by Gasteiger charge is 2.03. The lowest BCUT2D eigenvalue weighted by Crippen LogP contribution is -1.98. The molecule has 0 spiro atoms. The van der Waals surface area contributed by atoms with E-state index in [-0.39, 0.29) is 0 Å². The number of hydrogen-bond acceptors (Lipinski definition) is 1. The number of benzene rings is 1. The SMILES string of the molecule is CCOc1ccccc1C[C](C)C. The standard InChI is InChI=1S/C12H17O/c1-4-13-12-8-6-5-7-11(12)9-10(2)3/h5-8H,4,9H2,1-3H3. The minimum atomic E-state index is 0.736. The lowest BCUT2D eigenvalue weighted by atomic mass is 10.0. The highest BCUT2D eigenvalue weighted by Crippen LogP contribution is 2.21. The first-order valence-electron chi connectivity index (χ1n) is 4.73. The van der Waals surface area contributed by atoms with E-state index in [9.17, 15) is 0 Å². The topological polar surface area (TPSA) is 9.23 Å². The van der Waals surface area contributed by atoms with Crippen LogP contribution in [0.15, 0.2) is 24.3 Å². The maximum atomic E-state index is 5.52. The quantitative estimate of drug-likeness (QED) is 0.686. The molecular weight excluding hydrogens is 160 g/mol. The molecule has 0 aliphatic rings. The molecular formula is C12H17O. The van der Waals surface area contributed by atoms with Crippen molar-refractivity contribution < 1.29 is 4.74 Å². The van der Waals surface area contributed by atoms with E-state index in [0.29, 0.717) is 0 Å². The van der Waals surface area contributed by atoms with Crippen molar-refractivity contribution in [2.24, 2.45) is 0 Å². The van der Waals surface area contributed by atoms with Gasteiger partial charge < -0.3 is 4.74 Å². The Balaban J connectivity index is 2.78. The molecule has 0 N–H and O–H groups in total. The van der Waals surface area contributed by atoms with Crippen LogP contribution in [-0.4, -0.2) is 6.61 Å². The van der Waals surface area contributed by atoms with Crippen molar-refractivity contribution in [1.82, 2.24) is 0 Å². The van der Waals surface area contributed by atoms with Crippen LogP contribution in [0.25, 0.3) is 0 Å². The third-order valence-electron chi connectivity index (χ3n) is 1.82. The Bertz CT molecular complexity index is 253. The van der Waals surface area contributed by atoms with Gasteiger partial charge in [0.25, 0.3) is 0 Å². The summed E-state index contributed by atoms with van der Waals surface area (Å²) in [5.74, 6) is 2.43. The van der Waals surface area contributed by atoms with Gasteiger partial charge in [-0.15, -0.1) is 0 Å². The van der Waals surface area contributed by atoms with Crippen LogP contribution in [0.5, 0.6) is 5.75 Å². The summed E-state index contributed by atoms with van der Waals surface area (Å²) in [5, 5.41) is 0. The van der Waals surface area contributed by atoms with Crippen molar-refractivity contribution in [2.45, 2.75) is 27.2 Å². The molecule has 0 heterocycles. The maximum Gasteiger partial charge on any atom is 0.122 e. The van der Waals surface area contributed by atoms with Crippen LogP contribution in [-0.2, 0) is 6.42 Å². The second-order valence-corrected chi connectivity index (χ2v) is 3.42. The number of rotatable bonds is 4. The van der Waals surface area contributed by atoms with E-state index >= 15 is 0 Å². The van der Waals surface area contributed by atoms with Crippen LogP contribution in [0.2, 0.25) is 0 Å². The fourth-order valence-corrected chi connectivity index (χ4v) is 1.33. The predicted octanol–water partition coefficient (Wildman–Crippen LogP) is 3.24. The first-order valence-corrected chi connectivity index (χ1v) is 4.73. The minimum Gasteiger partial charge on any atom is -0.494 e. The largest absolute Gasteiger partial charge is 0.494 e. The zero-order valence-corrected chi connectivity index (χ0v) is 8.63. The summed E-state index contributed by atoms with van der Waals surface area (Å²) in [7, 11) is 0. The van der Waals surface area contributed by atoms with Gasteiger partial charge >= 0.3 is 0 Å². The van der Waals surface area contributed by atoms with Crippen molar-refractivity contribution in [3.05, 3.63) is 35.7 Å². The van der Waals surface area contributed by atoms with E-state index in [1.54, 1.807) is 0 Å². The van der Waals surface area contributed by atoms with Crippen LogP contribution in [0.4, 0.5) is 0 Å². The average molecular weight is 177 g/mol. The van der Waals surface area contributed by atoms with Crippen LogP contribution in [0.1, 0.15) is 26.3 Å². The number of ether oxygens (including phenoxy) is 1. The lowest BCUT2D eigenvalue weighted by Gasteiger charge is -2.10. The predicted molar refractivity (Wildman–Crippen MR) is 55.9 cm³/mol. The van der Waals surface area contributed by atoms with Crippen LogP contribution >= 0.6 is 0 Å². The van der Waals surface area contributed by atoms with E-state index in [1.807, 2.05) is 19.1 Å². The van der Waals surface area contributed by atoms with Gasteiger partial charge in [0.15, 0.2) is 0 Å². The highest BCUT2D eigenvalue weighted by atomic mass is 16.5. The Hall–Kier alpha value is -0.980. The lowest BCUT2D eigenvalue weighted by molar-refractivity contribution is 0.336. The molecule has 0 saturated carbocycles. The summed E-state index contributed by atoms with van der Waals surface area (Å²) in [6.45, 7) is 7.03. The van der Waals surface area contributed by atoms with Gasteiger partial charge in [-0.05, 0) is 30.9 Å². The molecule has 1 rings (SSSR count). The summed E-state index contributed by atoms with van der Waals surface area (Å²) < 4.78 is 5.52. The molecule has 0 atom stereocenters. The number of hydrogen-bond donors (Lipinski definition) is 0. The van der Waals surface area contributed by atoms with Gasteiger partial charge in [0, 0.05) is 0 Å². The smallest absolute Gasteiger partial charge is 0.122 e. The van der Waals surface area contributed by atoms with Gasteiger partial charge in [-0.1, -0.05) is 32.0 Å². The monoisotopic (exact) mass is 177 g/mol. The van der Waals surface area contributed by atoms with E-state index in [4.69, 9.17) is 4.74 Å². The first-order chi connectivity index (χ1) is 6.24. The van der Waals surface area contributed by atoms with Gasteiger partial charge in [0.2, 0.25) is 0 Å². The number of para-hydroxylation sites is 1. The molecule has 71 valence electrons. The van der Waals surface area contributed by atoms with Crippen molar-refractivity contribution in [1.29, 1.82) is 0 Å². The summed E-state index contributed by atoms with van der Waals surface area (Å²) in [6.07, 6.45) is 1.01. The summed E-state index contributed by atoms with van der Waals surface area (Å²) in [5.41, 5.74) is 1.28. The zero-order chi connectivity index (χ0) is 9.68. The second-order valence-electron chi connectivity index (χ2n) is 3.42. The van der Waals surface area contributed by atoms with Crippen LogP contribution in [0.3, 0.4) is 0 Å². The van der Waals surface area contributed by atoms with E-state index < -0.39 is 0 Å². The fraction of sp³-hybridized carbons (Fsp3) is 0.417. The molecule has 13 heavy (non-hydrogen) atoms. The Morgan fingerprint density at radius 2 is 1.92 bits per heavy atom. The average Bonchev–Trinajstić information content (AvgIpc) is 2.08. The molecule has 0 saturated heterocycles. The second kappa shape index (κ2) is 4.90. The molecule has 1 aromatic carbocycles. The maximum absolute atomic E-state index is 5.52. The third-order valence-corrected chi connectivity index (χ3v) is 1.82. The Kier molecular flexibility index (Phi) is 3.81. The molecule has 0 unspecified atom stereocenters. The van der Waals surface area contributed by atoms with Gasteiger partial charge in [0.1, 0.15) is 5.75 Å². The van der Waals surface area contributed by atoms with Crippen molar-refractivity contribution in [3.8, 4) is 5.75 Å². The van der Waals surface area contributed by atoms with Crippen LogP contribution in [0, 0.1) is 5.92 Å². The fourth-order valence-electron chi connectivity index (χ4n) is 1.33. The van der Waals surface area contributed by atoms with Crippen LogP contribution < -0.4 is 4.74 Å². The van der Waals surface area contributed by atoms with Gasteiger partial charge in [-0.2, -0.15) is 0 Å². The Morgan fingerprint density at radius 1 is 1.23 bits per heavy atom. The molecule has 0 aromatic heterocycles. The van der Waals surface area contributed by atoms with Gasteiger partial charge in [-0.3, -0.25) is 0 Å². The summed E-state index contributed by atoms with van der Waals surface area (Å²) in [4.78, 5) is 0. The molecule has 0 bridgehead atoms. The van der Waals surface area contributed by atoms with Crippen molar-refractivity contribution >= 4 is 0 Å². The van der Waals surface area contributed by atoms with E-state index in [1.165, 1.54) is 11.5 Å². The molecule has 1 radical (unpaired) electrons. The zero-order valence-electron chi connectivity index (χ0n) is 8.63. The normalized spacial score (nSPS) is 10.5. The van der Waals surface area contributed by atoms with E-state index in [2.05, 4.69) is 26.0 Å². The summed E-state index contributed by atoms with van der Waals surface area (Å²) in [6, 6.07) is 8.22.